The second-order valence-electron chi connectivity index (χ2n) is 2.51. The molecule has 0 unspecified atom stereocenters. The van der Waals surface area contributed by atoms with E-state index in [0.29, 0.717) is 4.47 Å². The van der Waals surface area contributed by atoms with Crippen LogP contribution < -0.4 is 0 Å². The first kappa shape index (κ1) is 8.48. The van der Waals surface area contributed by atoms with Gasteiger partial charge in [0, 0.05) is 4.47 Å². The molecule has 0 spiro atoms. The number of fused-ring (bicyclic) bond motifs is 1. The van der Waals surface area contributed by atoms with Crippen LogP contribution in [0, 0.1) is 6.92 Å². The molecule has 62 valence electrons. The Hall–Kier alpha value is -0.120. The van der Waals surface area contributed by atoms with Crippen molar-refractivity contribution in [3.63, 3.8) is 0 Å². The van der Waals surface area contributed by atoms with Gasteiger partial charge in [-0.15, -0.1) is 11.3 Å². The van der Waals surface area contributed by atoms with E-state index < -0.39 is 0 Å². The lowest BCUT2D eigenvalue weighted by atomic mass is 10.2. The number of rotatable bonds is 0. The molecular formula is C8H5BrClNS. The summed E-state index contributed by atoms with van der Waals surface area (Å²) in [6, 6.07) is 4.05. The molecule has 2 aromatic rings. The lowest BCUT2D eigenvalue weighted by Crippen LogP contribution is -1.75. The van der Waals surface area contributed by atoms with Gasteiger partial charge < -0.3 is 0 Å². The molecule has 0 amide bonds. The predicted molar refractivity (Wildman–Crippen MR) is 57.1 cm³/mol. The summed E-state index contributed by atoms with van der Waals surface area (Å²) >= 11 is 10.8. The summed E-state index contributed by atoms with van der Waals surface area (Å²) in [7, 11) is 0. The average molecular weight is 263 g/mol. The lowest BCUT2D eigenvalue weighted by molar-refractivity contribution is 1.42. The third-order valence-electron chi connectivity index (χ3n) is 1.67. The Kier molecular flexibility index (Phi) is 2.10. The van der Waals surface area contributed by atoms with Crippen molar-refractivity contribution in [2.75, 3.05) is 0 Å². The molecule has 1 aromatic heterocycles. The zero-order valence-electron chi connectivity index (χ0n) is 6.27. The summed E-state index contributed by atoms with van der Waals surface area (Å²) in [5.41, 5.74) is 2.16. The summed E-state index contributed by atoms with van der Waals surface area (Å²) in [6.45, 7) is 2.03. The highest BCUT2D eigenvalue weighted by Crippen LogP contribution is 2.33. The van der Waals surface area contributed by atoms with Crippen LogP contribution in [0.4, 0.5) is 0 Å². The van der Waals surface area contributed by atoms with Crippen molar-refractivity contribution in [3.8, 4) is 0 Å². The molecule has 1 heterocycles. The van der Waals surface area contributed by atoms with E-state index in [1.54, 1.807) is 0 Å². The number of thiazole rings is 1. The van der Waals surface area contributed by atoms with Gasteiger partial charge in [0.25, 0.3) is 0 Å². The smallest absolute Gasteiger partial charge is 0.184 e. The van der Waals surface area contributed by atoms with E-state index in [1.165, 1.54) is 11.3 Å². The molecule has 12 heavy (non-hydrogen) atoms. The number of benzene rings is 1. The van der Waals surface area contributed by atoms with Gasteiger partial charge in [-0.3, -0.25) is 0 Å². The SMILES string of the molecule is Cc1ccc(Br)c2sc(Cl)nc12. The van der Waals surface area contributed by atoms with Gasteiger partial charge in [-0.1, -0.05) is 17.7 Å². The van der Waals surface area contributed by atoms with Crippen molar-refractivity contribution in [2.24, 2.45) is 0 Å². The third-order valence-corrected chi connectivity index (χ3v) is 3.79. The summed E-state index contributed by atoms with van der Waals surface area (Å²) < 4.78 is 2.78. The topological polar surface area (TPSA) is 12.9 Å². The van der Waals surface area contributed by atoms with Crippen molar-refractivity contribution in [1.29, 1.82) is 0 Å². The molecule has 0 radical (unpaired) electrons. The molecule has 1 aromatic carbocycles. The Morgan fingerprint density at radius 1 is 1.50 bits per heavy atom. The van der Waals surface area contributed by atoms with E-state index in [1.807, 2.05) is 19.1 Å². The molecule has 0 fully saturated rings. The van der Waals surface area contributed by atoms with E-state index in [0.717, 1.165) is 20.3 Å². The number of hydrogen-bond donors (Lipinski definition) is 0. The van der Waals surface area contributed by atoms with Crippen LogP contribution in [0.2, 0.25) is 4.47 Å². The van der Waals surface area contributed by atoms with E-state index in [-0.39, 0.29) is 0 Å². The summed E-state index contributed by atoms with van der Waals surface area (Å²) in [4.78, 5) is 4.23. The first-order chi connectivity index (χ1) is 5.68. The standard InChI is InChI=1S/C8H5BrClNS/c1-4-2-3-5(9)7-6(4)11-8(10)12-7/h2-3H,1H3. The number of halogens is 2. The fraction of sp³-hybridized carbons (Fsp3) is 0.125. The van der Waals surface area contributed by atoms with Crippen molar-refractivity contribution >= 4 is 49.1 Å². The minimum Gasteiger partial charge on any atom is -0.225 e. The van der Waals surface area contributed by atoms with Crippen molar-refractivity contribution in [3.05, 3.63) is 26.6 Å². The molecule has 1 nitrogen and oxygen atoms in total. The Labute approximate surface area is 87.5 Å². The van der Waals surface area contributed by atoms with Gasteiger partial charge >= 0.3 is 0 Å². The van der Waals surface area contributed by atoms with Gasteiger partial charge in [-0.2, -0.15) is 0 Å². The number of nitrogens with zero attached hydrogens (tertiary/aromatic N) is 1. The van der Waals surface area contributed by atoms with Crippen LogP contribution >= 0.6 is 38.9 Å². The van der Waals surface area contributed by atoms with E-state index in [9.17, 15) is 0 Å². The van der Waals surface area contributed by atoms with Crippen LogP contribution in [0.3, 0.4) is 0 Å². The first-order valence-electron chi connectivity index (χ1n) is 3.39. The van der Waals surface area contributed by atoms with E-state index in [4.69, 9.17) is 11.6 Å². The van der Waals surface area contributed by atoms with E-state index >= 15 is 0 Å². The summed E-state index contributed by atoms with van der Waals surface area (Å²) in [5.74, 6) is 0. The maximum atomic E-state index is 5.81. The van der Waals surface area contributed by atoms with Gasteiger partial charge in [0.1, 0.15) is 0 Å². The van der Waals surface area contributed by atoms with Crippen molar-refractivity contribution < 1.29 is 0 Å². The van der Waals surface area contributed by atoms with Crippen LogP contribution in [0.15, 0.2) is 16.6 Å². The lowest BCUT2D eigenvalue weighted by Gasteiger charge is -1.94. The summed E-state index contributed by atoms with van der Waals surface area (Å²) in [6.07, 6.45) is 0. The number of hydrogen-bond acceptors (Lipinski definition) is 2. The predicted octanol–water partition coefficient (Wildman–Crippen LogP) is 4.02. The second-order valence-corrected chi connectivity index (χ2v) is 4.94. The van der Waals surface area contributed by atoms with E-state index in [2.05, 4.69) is 20.9 Å². The van der Waals surface area contributed by atoms with Crippen LogP contribution in [-0.4, -0.2) is 4.98 Å². The molecule has 0 saturated carbocycles. The molecule has 0 N–H and O–H groups in total. The minimum atomic E-state index is 0.597. The average Bonchev–Trinajstić information content (AvgIpc) is 2.41. The van der Waals surface area contributed by atoms with Crippen LogP contribution in [-0.2, 0) is 0 Å². The van der Waals surface area contributed by atoms with Crippen LogP contribution in [0.5, 0.6) is 0 Å². The molecule has 0 atom stereocenters. The van der Waals surface area contributed by atoms with Crippen LogP contribution in [0.25, 0.3) is 10.2 Å². The monoisotopic (exact) mass is 261 g/mol. The first-order valence-corrected chi connectivity index (χ1v) is 5.38. The zero-order valence-corrected chi connectivity index (χ0v) is 9.42. The second kappa shape index (κ2) is 2.98. The Bertz CT molecular complexity index is 399. The molecule has 0 aliphatic heterocycles. The maximum Gasteiger partial charge on any atom is 0.184 e. The van der Waals surface area contributed by atoms with Crippen molar-refractivity contribution in [1.82, 2.24) is 4.98 Å². The largest absolute Gasteiger partial charge is 0.225 e. The molecule has 0 saturated heterocycles. The Morgan fingerprint density at radius 3 is 2.92 bits per heavy atom. The number of aryl methyl sites for hydroxylation is 1. The zero-order chi connectivity index (χ0) is 8.72. The maximum absolute atomic E-state index is 5.81. The molecule has 0 bridgehead atoms. The van der Waals surface area contributed by atoms with Crippen molar-refractivity contribution in [2.45, 2.75) is 6.92 Å². The molecule has 0 aliphatic rings. The highest BCUT2D eigenvalue weighted by molar-refractivity contribution is 9.10. The highest BCUT2D eigenvalue weighted by atomic mass is 79.9. The third kappa shape index (κ3) is 1.26. The fourth-order valence-corrected chi connectivity index (χ4v) is 2.73. The minimum absolute atomic E-state index is 0.597. The molecule has 2 rings (SSSR count). The van der Waals surface area contributed by atoms with Gasteiger partial charge in [0.05, 0.1) is 10.2 Å². The fourth-order valence-electron chi connectivity index (χ4n) is 1.08. The molecule has 4 heteroatoms. The van der Waals surface area contributed by atoms with Gasteiger partial charge in [-0.25, -0.2) is 4.98 Å². The van der Waals surface area contributed by atoms with Crippen LogP contribution in [0.1, 0.15) is 5.56 Å². The van der Waals surface area contributed by atoms with Gasteiger partial charge in [0.2, 0.25) is 0 Å². The summed E-state index contributed by atoms with van der Waals surface area (Å²) in [5, 5.41) is 0. The quantitative estimate of drug-likeness (QED) is 0.699. The Morgan fingerprint density at radius 2 is 2.25 bits per heavy atom. The molecular weight excluding hydrogens is 258 g/mol. The number of aromatic nitrogens is 1. The normalized spacial score (nSPS) is 10.9. The molecule has 0 aliphatic carbocycles. The van der Waals surface area contributed by atoms with Gasteiger partial charge in [-0.05, 0) is 34.5 Å². The van der Waals surface area contributed by atoms with Gasteiger partial charge in [0.15, 0.2) is 4.47 Å². The Balaban J connectivity index is 2.93. The highest BCUT2D eigenvalue weighted by Gasteiger charge is 2.06.